The van der Waals surface area contributed by atoms with E-state index < -0.39 is 0 Å². The molecule has 0 bridgehead atoms. The molecule has 7 nitrogen and oxygen atoms in total. The summed E-state index contributed by atoms with van der Waals surface area (Å²) < 4.78 is 0. The summed E-state index contributed by atoms with van der Waals surface area (Å²) in [5.41, 5.74) is 1.38. The molecule has 0 aromatic carbocycles. The van der Waals surface area contributed by atoms with Gasteiger partial charge in [-0.15, -0.1) is 0 Å². The van der Waals surface area contributed by atoms with Gasteiger partial charge in [-0.25, -0.2) is 9.97 Å². The predicted molar refractivity (Wildman–Crippen MR) is 85.0 cm³/mol. The summed E-state index contributed by atoms with van der Waals surface area (Å²) >= 11 is 0. The van der Waals surface area contributed by atoms with Gasteiger partial charge >= 0.3 is 0 Å². The summed E-state index contributed by atoms with van der Waals surface area (Å²) in [7, 11) is 0. The van der Waals surface area contributed by atoms with Crippen LogP contribution in [0.25, 0.3) is 0 Å². The molecule has 2 aromatic rings. The van der Waals surface area contributed by atoms with E-state index in [0.29, 0.717) is 24.7 Å². The van der Waals surface area contributed by atoms with Crippen LogP contribution < -0.4 is 10.2 Å². The van der Waals surface area contributed by atoms with E-state index in [9.17, 15) is 9.90 Å². The number of hydrogen-bond donors (Lipinski definition) is 2. The maximum Gasteiger partial charge on any atom is 0.270 e. The lowest BCUT2D eigenvalue weighted by Gasteiger charge is -2.17. The third-order valence-electron chi connectivity index (χ3n) is 3.97. The fourth-order valence-electron chi connectivity index (χ4n) is 2.68. The lowest BCUT2D eigenvalue weighted by atomic mass is 10.1. The molecule has 3 rings (SSSR count). The number of carbonyl (C=O) groups excluding carboxylic acids is 1. The van der Waals surface area contributed by atoms with Crippen molar-refractivity contribution < 1.29 is 9.90 Å². The van der Waals surface area contributed by atoms with Crippen LogP contribution in [0.4, 0.5) is 5.95 Å². The van der Waals surface area contributed by atoms with E-state index in [2.05, 4.69) is 20.3 Å². The number of anilines is 1. The van der Waals surface area contributed by atoms with Crippen molar-refractivity contribution in [1.82, 2.24) is 20.3 Å². The molecule has 0 radical (unpaired) electrons. The molecule has 1 saturated heterocycles. The number of nitrogens with zero attached hydrogens (tertiary/aromatic N) is 4. The van der Waals surface area contributed by atoms with E-state index >= 15 is 0 Å². The Labute approximate surface area is 134 Å². The molecule has 120 valence electrons. The molecule has 0 aliphatic carbocycles. The molecule has 2 N–H and O–H groups in total. The summed E-state index contributed by atoms with van der Waals surface area (Å²) in [6.07, 6.45) is 5.02. The smallest absolute Gasteiger partial charge is 0.270 e. The first-order chi connectivity index (χ1) is 11.2. The van der Waals surface area contributed by atoms with Gasteiger partial charge in [0.1, 0.15) is 5.69 Å². The number of nitrogens with one attached hydrogen (secondary N) is 1. The van der Waals surface area contributed by atoms with Gasteiger partial charge in [-0.05, 0) is 24.6 Å². The third kappa shape index (κ3) is 3.45. The monoisotopic (exact) mass is 313 g/mol. The zero-order valence-electron chi connectivity index (χ0n) is 12.9. The van der Waals surface area contributed by atoms with Gasteiger partial charge in [0.2, 0.25) is 5.95 Å². The number of carbonyl (C=O) groups is 1. The minimum atomic E-state index is -0.232. The lowest BCUT2D eigenvalue weighted by molar-refractivity contribution is 0.0916. The highest BCUT2D eigenvalue weighted by molar-refractivity contribution is 5.92. The van der Waals surface area contributed by atoms with Crippen molar-refractivity contribution in [1.29, 1.82) is 0 Å². The summed E-state index contributed by atoms with van der Waals surface area (Å²) in [6, 6.07) is 5.14. The molecule has 1 aliphatic rings. The van der Waals surface area contributed by atoms with Gasteiger partial charge in [0, 0.05) is 44.2 Å². The zero-order chi connectivity index (χ0) is 16.2. The van der Waals surface area contributed by atoms with Crippen molar-refractivity contribution in [2.24, 2.45) is 5.92 Å². The van der Waals surface area contributed by atoms with Crippen LogP contribution in [0, 0.1) is 12.8 Å². The number of aromatic nitrogens is 3. The zero-order valence-corrected chi connectivity index (χ0v) is 12.9. The SMILES string of the molecule is Cc1ccc(C(=O)N[C@@H]2CN(c3ncccn3)C[C@H]2CO)nc1. The van der Waals surface area contributed by atoms with Crippen LogP contribution in [0.3, 0.4) is 0 Å². The second kappa shape index (κ2) is 6.70. The predicted octanol–water partition coefficient (Wildman–Crippen LogP) is 0.407. The number of rotatable bonds is 4. The molecule has 3 heterocycles. The molecule has 0 unspecified atom stereocenters. The van der Waals surface area contributed by atoms with Gasteiger partial charge in [0.25, 0.3) is 5.91 Å². The van der Waals surface area contributed by atoms with Crippen LogP contribution in [0.5, 0.6) is 0 Å². The van der Waals surface area contributed by atoms with Gasteiger partial charge in [0.05, 0.1) is 6.04 Å². The Balaban J connectivity index is 1.69. The van der Waals surface area contributed by atoms with Crippen LogP contribution in [0.2, 0.25) is 0 Å². The van der Waals surface area contributed by atoms with Crippen LogP contribution in [-0.2, 0) is 0 Å². The standard InChI is InChI=1S/C16H19N5O2/c1-11-3-4-13(19-7-11)15(23)20-14-9-21(8-12(14)10-22)16-17-5-2-6-18-16/h2-7,12,14,22H,8-10H2,1H3,(H,20,23)/t12-,14+/m0/s1. The fraction of sp³-hybridized carbons (Fsp3) is 0.375. The molecule has 23 heavy (non-hydrogen) atoms. The number of aliphatic hydroxyl groups is 1. The number of aryl methyl sites for hydroxylation is 1. The topological polar surface area (TPSA) is 91.2 Å². The molecule has 1 aliphatic heterocycles. The van der Waals surface area contributed by atoms with Crippen molar-refractivity contribution in [2.75, 3.05) is 24.6 Å². The van der Waals surface area contributed by atoms with E-state index in [0.717, 1.165) is 5.56 Å². The van der Waals surface area contributed by atoms with E-state index in [1.165, 1.54) is 0 Å². The van der Waals surface area contributed by atoms with E-state index in [1.807, 2.05) is 17.9 Å². The molecular weight excluding hydrogens is 294 g/mol. The van der Waals surface area contributed by atoms with Crippen LogP contribution in [-0.4, -0.2) is 51.7 Å². The van der Waals surface area contributed by atoms with Crippen LogP contribution >= 0.6 is 0 Å². The van der Waals surface area contributed by atoms with Crippen molar-refractivity contribution in [3.8, 4) is 0 Å². The number of aliphatic hydroxyl groups excluding tert-OH is 1. The second-order valence-corrected chi connectivity index (χ2v) is 5.70. The molecule has 0 saturated carbocycles. The highest BCUT2D eigenvalue weighted by atomic mass is 16.3. The molecule has 1 fully saturated rings. The quantitative estimate of drug-likeness (QED) is 0.849. The summed E-state index contributed by atoms with van der Waals surface area (Å²) in [5.74, 6) is 0.314. The van der Waals surface area contributed by atoms with E-state index in [4.69, 9.17) is 0 Å². The van der Waals surface area contributed by atoms with E-state index in [1.54, 1.807) is 30.7 Å². The maximum absolute atomic E-state index is 12.3. The maximum atomic E-state index is 12.3. The fourth-order valence-corrected chi connectivity index (χ4v) is 2.68. The van der Waals surface area contributed by atoms with Gasteiger partial charge in [-0.3, -0.25) is 9.78 Å². The number of hydrogen-bond acceptors (Lipinski definition) is 6. The van der Waals surface area contributed by atoms with Crippen LogP contribution in [0.1, 0.15) is 16.1 Å². The Bertz CT molecular complexity index is 662. The van der Waals surface area contributed by atoms with Gasteiger partial charge < -0.3 is 15.3 Å². The first-order valence-corrected chi connectivity index (χ1v) is 7.53. The molecule has 0 spiro atoms. The Hall–Kier alpha value is -2.54. The first kappa shape index (κ1) is 15.4. The van der Waals surface area contributed by atoms with Crippen molar-refractivity contribution in [2.45, 2.75) is 13.0 Å². The molecule has 2 aromatic heterocycles. The van der Waals surface area contributed by atoms with Gasteiger partial charge in [-0.1, -0.05) is 6.07 Å². The van der Waals surface area contributed by atoms with Crippen molar-refractivity contribution >= 4 is 11.9 Å². The Kier molecular flexibility index (Phi) is 4.47. The third-order valence-corrected chi connectivity index (χ3v) is 3.97. The lowest BCUT2D eigenvalue weighted by Crippen LogP contribution is -2.42. The summed E-state index contributed by atoms with van der Waals surface area (Å²) in [6.45, 7) is 3.08. The Morgan fingerprint density at radius 3 is 2.74 bits per heavy atom. The van der Waals surface area contributed by atoms with E-state index in [-0.39, 0.29) is 24.5 Å². The summed E-state index contributed by atoms with van der Waals surface area (Å²) in [4.78, 5) is 26.9. The molecule has 1 amide bonds. The number of amides is 1. The van der Waals surface area contributed by atoms with Crippen LogP contribution in [0.15, 0.2) is 36.8 Å². The van der Waals surface area contributed by atoms with Crippen molar-refractivity contribution in [3.05, 3.63) is 48.0 Å². The highest BCUT2D eigenvalue weighted by Gasteiger charge is 2.34. The van der Waals surface area contributed by atoms with Gasteiger partial charge in [-0.2, -0.15) is 0 Å². The average molecular weight is 313 g/mol. The number of pyridine rings is 1. The van der Waals surface area contributed by atoms with Gasteiger partial charge in [0.15, 0.2) is 0 Å². The second-order valence-electron chi connectivity index (χ2n) is 5.70. The minimum absolute atomic E-state index is 0.00436. The highest BCUT2D eigenvalue weighted by Crippen LogP contribution is 2.20. The normalized spacial score (nSPS) is 20.5. The largest absolute Gasteiger partial charge is 0.396 e. The first-order valence-electron chi connectivity index (χ1n) is 7.53. The molecule has 2 atom stereocenters. The minimum Gasteiger partial charge on any atom is -0.396 e. The molecule has 7 heteroatoms. The summed E-state index contributed by atoms with van der Waals surface area (Å²) in [5, 5.41) is 12.5. The molecular formula is C16H19N5O2. The average Bonchev–Trinajstić information content (AvgIpc) is 2.99. The van der Waals surface area contributed by atoms with Crippen molar-refractivity contribution in [3.63, 3.8) is 0 Å². The Morgan fingerprint density at radius 1 is 1.30 bits per heavy atom. The Morgan fingerprint density at radius 2 is 2.09 bits per heavy atom.